The number of fused-ring (bicyclic) bond motifs is 1. The fraction of sp³-hybridized carbons (Fsp3) is 0.0526. The maximum atomic E-state index is 12.0. The van der Waals surface area contributed by atoms with Gasteiger partial charge in [-0.25, -0.2) is 5.43 Å². The van der Waals surface area contributed by atoms with E-state index < -0.39 is 0 Å². The first-order valence-corrected chi connectivity index (χ1v) is 9.92. The van der Waals surface area contributed by atoms with E-state index in [1.165, 1.54) is 0 Å². The standard InChI is InChI=1S/C19H15I2N3O2/c20-15-8-12(9-16(21)19(15)26)10-23-24-18(25)11-22-17-7-3-5-13-4-1-2-6-14(13)17/h1-10,22,26H,11H2,(H,24,25)/b23-10-. The van der Waals surface area contributed by atoms with Gasteiger partial charge in [0.25, 0.3) is 5.91 Å². The Morgan fingerprint density at radius 2 is 1.77 bits per heavy atom. The van der Waals surface area contributed by atoms with E-state index in [9.17, 15) is 9.90 Å². The van der Waals surface area contributed by atoms with E-state index in [1.807, 2.05) is 42.5 Å². The second-order valence-electron chi connectivity index (χ2n) is 5.51. The fourth-order valence-electron chi connectivity index (χ4n) is 2.43. The number of nitrogens with one attached hydrogen (secondary N) is 2. The Bertz CT molecular complexity index is 961. The normalized spacial score (nSPS) is 11.0. The highest BCUT2D eigenvalue weighted by Crippen LogP contribution is 2.26. The second-order valence-corrected chi connectivity index (χ2v) is 7.83. The van der Waals surface area contributed by atoms with E-state index in [-0.39, 0.29) is 18.2 Å². The number of nitrogens with zero attached hydrogens (tertiary/aromatic N) is 1. The summed E-state index contributed by atoms with van der Waals surface area (Å²) in [5, 5.41) is 19.1. The molecule has 3 aromatic rings. The van der Waals surface area contributed by atoms with Gasteiger partial charge in [-0.3, -0.25) is 4.79 Å². The molecule has 0 spiro atoms. The van der Waals surface area contributed by atoms with Gasteiger partial charge < -0.3 is 10.4 Å². The first-order chi connectivity index (χ1) is 12.5. The number of rotatable bonds is 5. The zero-order chi connectivity index (χ0) is 18.5. The molecular formula is C19H15I2N3O2. The largest absolute Gasteiger partial charge is 0.506 e. The molecule has 0 saturated heterocycles. The van der Waals surface area contributed by atoms with Crippen LogP contribution in [0.1, 0.15) is 5.56 Å². The third-order valence-corrected chi connectivity index (χ3v) is 5.32. The Balaban J connectivity index is 1.59. The fourth-order valence-corrected chi connectivity index (χ4v) is 4.25. The van der Waals surface area contributed by atoms with E-state index >= 15 is 0 Å². The molecule has 0 atom stereocenters. The number of anilines is 1. The van der Waals surface area contributed by atoms with Gasteiger partial charge in [0.2, 0.25) is 0 Å². The molecule has 0 saturated carbocycles. The molecule has 26 heavy (non-hydrogen) atoms. The summed E-state index contributed by atoms with van der Waals surface area (Å²) in [7, 11) is 0. The van der Waals surface area contributed by atoms with Crippen LogP contribution in [0.15, 0.2) is 59.7 Å². The van der Waals surface area contributed by atoms with Crippen molar-refractivity contribution >= 4 is 73.8 Å². The van der Waals surface area contributed by atoms with Crippen LogP contribution in [0.4, 0.5) is 5.69 Å². The summed E-state index contributed by atoms with van der Waals surface area (Å²) < 4.78 is 1.47. The molecule has 132 valence electrons. The zero-order valence-electron chi connectivity index (χ0n) is 13.5. The lowest BCUT2D eigenvalue weighted by Crippen LogP contribution is -2.25. The average Bonchev–Trinajstić information content (AvgIpc) is 2.64. The lowest BCUT2D eigenvalue weighted by atomic mass is 10.1. The number of aromatic hydroxyl groups is 1. The highest BCUT2D eigenvalue weighted by atomic mass is 127. The molecule has 0 aliphatic rings. The predicted octanol–water partition coefficient (Wildman–Crippen LogP) is 4.32. The van der Waals surface area contributed by atoms with Gasteiger partial charge in [-0.05, 0) is 74.3 Å². The molecule has 5 nitrogen and oxygen atoms in total. The molecule has 0 unspecified atom stereocenters. The maximum Gasteiger partial charge on any atom is 0.259 e. The number of carbonyl (C=O) groups is 1. The highest BCUT2D eigenvalue weighted by Gasteiger charge is 2.05. The number of carbonyl (C=O) groups excluding carboxylic acids is 1. The SMILES string of the molecule is O=C(CNc1cccc2ccccc12)N/N=C\c1cc(I)c(O)c(I)c1. The summed E-state index contributed by atoms with van der Waals surface area (Å²) in [4.78, 5) is 12.0. The van der Waals surface area contributed by atoms with Crippen molar-refractivity contribution in [3.63, 3.8) is 0 Å². The Labute approximate surface area is 178 Å². The number of halogens is 2. The van der Waals surface area contributed by atoms with Crippen molar-refractivity contribution in [2.24, 2.45) is 5.10 Å². The first kappa shape index (κ1) is 18.9. The van der Waals surface area contributed by atoms with Crippen LogP contribution in [0.3, 0.4) is 0 Å². The quantitative estimate of drug-likeness (QED) is 0.243. The van der Waals surface area contributed by atoms with Crippen LogP contribution in [0.2, 0.25) is 0 Å². The number of hydrazone groups is 1. The van der Waals surface area contributed by atoms with E-state index in [2.05, 4.69) is 61.0 Å². The number of hydrogen-bond acceptors (Lipinski definition) is 4. The molecule has 0 aliphatic carbocycles. The van der Waals surface area contributed by atoms with Gasteiger partial charge in [-0.1, -0.05) is 36.4 Å². The van der Waals surface area contributed by atoms with E-state index in [0.29, 0.717) is 0 Å². The first-order valence-electron chi connectivity index (χ1n) is 7.76. The van der Waals surface area contributed by atoms with Crippen molar-refractivity contribution in [1.29, 1.82) is 0 Å². The molecule has 0 heterocycles. The molecule has 1 amide bonds. The van der Waals surface area contributed by atoms with Crippen molar-refractivity contribution in [2.75, 3.05) is 11.9 Å². The van der Waals surface area contributed by atoms with Crippen LogP contribution in [0, 0.1) is 7.14 Å². The van der Waals surface area contributed by atoms with Crippen molar-refractivity contribution in [2.45, 2.75) is 0 Å². The Kier molecular flexibility index (Phi) is 6.30. The minimum absolute atomic E-state index is 0.121. The van der Waals surface area contributed by atoms with Crippen molar-refractivity contribution < 1.29 is 9.90 Å². The lowest BCUT2D eigenvalue weighted by Gasteiger charge is -2.08. The molecule has 7 heteroatoms. The van der Waals surface area contributed by atoms with Crippen LogP contribution in [-0.4, -0.2) is 23.8 Å². The number of phenols is 1. The van der Waals surface area contributed by atoms with Crippen molar-refractivity contribution in [3.05, 3.63) is 67.3 Å². The maximum absolute atomic E-state index is 12.0. The van der Waals surface area contributed by atoms with Crippen LogP contribution in [0.5, 0.6) is 5.75 Å². The van der Waals surface area contributed by atoms with E-state index in [1.54, 1.807) is 18.3 Å². The molecule has 3 aromatic carbocycles. The van der Waals surface area contributed by atoms with Crippen molar-refractivity contribution in [1.82, 2.24) is 5.43 Å². The summed E-state index contributed by atoms with van der Waals surface area (Å²) in [6.07, 6.45) is 1.56. The van der Waals surface area contributed by atoms with Crippen LogP contribution in [-0.2, 0) is 4.79 Å². The summed E-state index contributed by atoms with van der Waals surface area (Å²) >= 11 is 4.11. The summed E-state index contributed by atoms with van der Waals surface area (Å²) in [5.74, 6) is 0.0176. The molecule has 0 bridgehead atoms. The molecule has 0 fully saturated rings. The molecular weight excluding hydrogens is 556 g/mol. The van der Waals surface area contributed by atoms with Crippen LogP contribution in [0.25, 0.3) is 10.8 Å². The third kappa shape index (κ3) is 4.64. The van der Waals surface area contributed by atoms with Gasteiger partial charge in [0.15, 0.2) is 0 Å². The number of hydrogen-bond donors (Lipinski definition) is 3. The minimum Gasteiger partial charge on any atom is -0.506 e. The molecule has 3 rings (SSSR count). The summed E-state index contributed by atoms with van der Waals surface area (Å²) in [6.45, 7) is 0.121. The van der Waals surface area contributed by atoms with Gasteiger partial charge in [-0.15, -0.1) is 0 Å². The van der Waals surface area contributed by atoms with E-state index in [4.69, 9.17) is 0 Å². The van der Waals surface area contributed by atoms with Crippen molar-refractivity contribution in [3.8, 4) is 5.75 Å². The minimum atomic E-state index is -0.239. The average molecular weight is 571 g/mol. The Morgan fingerprint density at radius 1 is 1.08 bits per heavy atom. The Hall–Kier alpha value is -1.88. The molecule has 0 radical (unpaired) electrons. The van der Waals surface area contributed by atoms with Gasteiger partial charge in [-0.2, -0.15) is 5.10 Å². The Morgan fingerprint density at radius 3 is 2.54 bits per heavy atom. The smallest absolute Gasteiger partial charge is 0.259 e. The van der Waals surface area contributed by atoms with Gasteiger partial charge in [0.05, 0.1) is 19.9 Å². The molecule has 3 N–H and O–H groups in total. The number of amides is 1. The summed E-state index contributed by atoms with van der Waals surface area (Å²) in [5.41, 5.74) is 4.22. The van der Waals surface area contributed by atoms with Crippen LogP contribution < -0.4 is 10.7 Å². The molecule has 0 aliphatic heterocycles. The lowest BCUT2D eigenvalue weighted by molar-refractivity contribution is -0.119. The third-order valence-electron chi connectivity index (χ3n) is 3.67. The number of phenolic OH excluding ortho intramolecular Hbond substituents is 1. The summed E-state index contributed by atoms with van der Waals surface area (Å²) in [6, 6.07) is 17.5. The van der Waals surface area contributed by atoms with E-state index in [0.717, 1.165) is 29.2 Å². The zero-order valence-corrected chi connectivity index (χ0v) is 17.9. The van der Waals surface area contributed by atoms with Gasteiger partial charge in [0.1, 0.15) is 5.75 Å². The van der Waals surface area contributed by atoms with Gasteiger partial charge >= 0.3 is 0 Å². The second kappa shape index (κ2) is 8.67. The topological polar surface area (TPSA) is 73.7 Å². The van der Waals surface area contributed by atoms with Gasteiger partial charge in [0, 0.05) is 11.1 Å². The molecule has 0 aromatic heterocycles. The van der Waals surface area contributed by atoms with Crippen LogP contribution >= 0.6 is 45.2 Å². The highest BCUT2D eigenvalue weighted by molar-refractivity contribution is 14.1. The number of benzene rings is 3. The monoisotopic (exact) mass is 571 g/mol. The predicted molar refractivity (Wildman–Crippen MR) is 122 cm³/mol.